The van der Waals surface area contributed by atoms with Crippen LogP contribution in [0.5, 0.6) is 0 Å². The lowest BCUT2D eigenvalue weighted by atomic mass is 10.2. The Hall–Kier alpha value is -2.36. The van der Waals surface area contributed by atoms with Gasteiger partial charge in [0.1, 0.15) is 5.49 Å². The van der Waals surface area contributed by atoms with E-state index in [9.17, 15) is 4.79 Å². The van der Waals surface area contributed by atoms with Crippen molar-refractivity contribution >= 4 is 40.3 Å². The van der Waals surface area contributed by atoms with Crippen LogP contribution in [0.4, 0.5) is 0 Å². The number of morpholine rings is 1. The van der Waals surface area contributed by atoms with Crippen LogP contribution < -0.4 is 5.49 Å². The van der Waals surface area contributed by atoms with Crippen LogP contribution in [0.25, 0.3) is 16.7 Å². The van der Waals surface area contributed by atoms with E-state index in [1.165, 1.54) is 11.8 Å². The molecular formula is C20H23ClN6O2S. The van der Waals surface area contributed by atoms with Gasteiger partial charge in [0.25, 0.3) is 0 Å². The second kappa shape index (κ2) is 8.79. The van der Waals surface area contributed by atoms with Crippen LogP contribution in [0.3, 0.4) is 0 Å². The zero-order valence-corrected chi connectivity index (χ0v) is 18.4. The van der Waals surface area contributed by atoms with Crippen LogP contribution in [0.15, 0.2) is 29.4 Å². The third kappa shape index (κ3) is 3.84. The maximum atomic E-state index is 13.1. The monoisotopic (exact) mass is 446 g/mol. The quantitative estimate of drug-likeness (QED) is 0.463. The van der Waals surface area contributed by atoms with Gasteiger partial charge in [-0.3, -0.25) is 19.9 Å². The molecule has 1 aliphatic rings. The van der Waals surface area contributed by atoms with Crippen molar-refractivity contribution in [1.82, 2.24) is 24.6 Å². The van der Waals surface area contributed by atoms with Crippen molar-refractivity contribution in [3.05, 3.63) is 40.5 Å². The van der Waals surface area contributed by atoms with Gasteiger partial charge in [0, 0.05) is 18.8 Å². The number of nitrogens with zero attached hydrogens (tertiary/aromatic N) is 4. The molecule has 1 aromatic carbocycles. The molecule has 1 fully saturated rings. The Morgan fingerprint density at radius 1 is 1.37 bits per heavy atom. The molecule has 0 radical (unpaired) electrons. The molecule has 0 bridgehead atoms. The van der Waals surface area contributed by atoms with E-state index in [0.717, 1.165) is 5.69 Å². The Morgan fingerprint density at radius 3 is 2.80 bits per heavy atom. The first-order valence-electron chi connectivity index (χ1n) is 9.81. The lowest BCUT2D eigenvalue weighted by Gasteiger charge is -2.30. The summed E-state index contributed by atoms with van der Waals surface area (Å²) in [5.74, 6) is 0.0585. The Labute approximate surface area is 183 Å². The highest BCUT2D eigenvalue weighted by Gasteiger charge is 2.28. The van der Waals surface area contributed by atoms with Gasteiger partial charge < -0.3 is 9.64 Å². The number of aromatic amines is 1. The highest BCUT2D eigenvalue weighted by molar-refractivity contribution is 8.00. The van der Waals surface area contributed by atoms with E-state index in [2.05, 4.69) is 10.2 Å². The zero-order chi connectivity index (χ0) is 21.3. The van der Waals surface area contributed by atoms with E-state index in [1.54, 1.807) is 10.6 Å². The number of nitrogens with one attached hydrogen (secondary N) is 2. The molecule has 0 unspecified atom stereocenters. The number of amides is 1. The second-order valence-corrected chi connectivity index (χ2v) is 8.61. The number of carbonyl (C=O) groups is 1. The standard InChI is InChI=1S/C20H23ClN6O2S/c1-3-15(19(28)26-8-10-29-11-9-26)30-20-23-18-16(12(2)24-25-18)17(22)27(20)14-7-5-4-6-13(14)21/h4-7,15,22H,3,8-11H2,1-2H3,(H,24,25)/t15-/m0/s1. The van der Waals surface area contributed by atoms with Crippen LogP contribution in [-0.4, -0.2) is 62.1 Å². The van der Waals surface area contributed by atoms with E-state index in [0.29, 0.717) is 59.6 Å². The summed E-state index contributed by atoms with van der Waals surface area (Å²) in [6, 6.07) is 7.33. The number of hydrogen-bond acceptors (Lipinski definition) is 6. The number of benzene rings is 1. The number of rotatable bonds is 5. The number of halogens is 1. The van der Waals surface area contributed by atoms with Gasteiger partial charge in [-0.05, 0) is 25.5 Å². The average molecular weight is 447 g/mol. The Morgan fingerprint density at radius 2 is 2.10 bits per heavy atom. The number of para-hydroxylation sites is 1. The fourth-order valence-corrected chi connectivity index (χ4v) is 4.81. The molecule has 3 aromatic rings. The molecule has 1 saturated heterocycles. The first-order valence-corrected chi connectivity index (χ1v) is 11.1. The van der Waals surface area contributed by atoms with Crippen molar-refractivity contribution in [1.29, 1.82) is 5.41 Å². The van der Waals surface area contributed by atoms with E-state index >= 15 is 0 Å². The molecule has 4 rings (SSSR count). The van der Waals surface area contributed by atoms with Crippen LogP contribution in [0, 0.1) is 12.3 Å². The van der Waals surface area contributed by atoms with Crippen molar-refractivity contribution in [2.45, 2.75) is 30.7 Å². The molecule has 3 heterocycles. The molecule has 1 atom stereocenters. The summed E-state index contributed by atoms with van der Waals surface area (Å²) in [5, 5.41) is 17.3. The number of hydrogen-bond donors (Lipinski definition) is 2. The summed E-state index contributed by atoms with van der Waals surface area (Å²) >= 11 is 7.81. The van der Waals surface area contributed by atoms with Crippen LogP contribution in [-0.2, 0) is 9.53 Å². The third-order valence-electron chi connectivity index (χ3n) is 5.09. The summed E-state index contributed by atoms with van der Waals surface area (Å²) < 4.78 is 7.07. The molecule has 10 heteroatoms. The number of aryl methyl sites for hydroxylation is 1. The molecule has 1 aliphatic heterocycles. The number of H-pyrrole nitrogens is 1. The Bertz CT molecular complexity index is 1140. The van der Waals surface area contributed by atoms with Gasteiger partial charge in [-0.15, -0.1) is 0 Å². The lowest BCUT2D eigenvalue weighted by molar-refractivity contribution is -0.134. The van der Waals surface area contributed by atoms with E-state index in [4.69, 9.17) is 26.7 Å². The largest absolute Gasteiger partial charge is 0.378 e. The van der Waals surface area contributed by atoms with Crippen LogP contribution in [0.1, 0.15) is 19.0 Å². The zero-order valence-electron chi connectivity index (χ0n) is 16.8. The molecule has 2 N–H and O–H groups in total. The van der Waals surface area contributed by atoms with E-state index in [-0.39, 0.29) is 16.6 Å². The lowest BCUT2D eigenvalue weighted by Crippen LogP contribution is -2.44. The Kier molecular flexibility index (Phi) is 6.12. The summed E-state index contributed by atoms with van der Waals surface area (Å²) in [5.41, 5.74) is 2.10. The van der Waals surface area contributed by atoms with E-state index in [1.807, 2.05) is 36.9 Å². The third-order valence-corrected chi connectivity index (χ3v) is 6.72. The first-order chi connectivity index (χ1) is 14.5. The van der Waals surface area contributed by atoms with Gasteiger partial charge in [0.2, 0.25) is 5.91 Å². The maximum absolute atomic E-state index is 13.1. The highest BCUT2D eigenvalue weighted by atomic mass is 35.5. The summed E-state index contributed by atoms with van der Waals surface area (Å²) in [7, 11) is 0. The van der Waals surface area contributed by atoms with Crippen molar-refractivity contribution in [3.8, 4) is 5.69 Å². The van der Waals surface area contributed by atoms with Gasteiger partial charge in [-0.1, -0.05) is 42.4 Å². The number of thioether (sulfide) groups is 1. The topological polar surface area (TPSA) is 99.9 Å². The molecule has 0 spiro atoms. The van der Waals surface area contributed by atoms with Crippen molar-refractivity contribution in [2.75, 3.05) is 26.3 Å². The predicted octanol–water partition coefficient (Wildman–Crippen LogP) is 2.92. The molecule has 0 aliphatic carbocycles. The minimum Gasteiger partial charge on any atom is -0.378 e. The molecule has 30 heavy (non-hydrogen) atoms. The predicted molar refractivity (Wildman–Crippen MR) is 116 cm³/mol. The van der Waals surface area contributed by atoms with Crippen molar-refractivity contribution in [2.24, 2.45) is 0 Å². The van der Waals surface area contributed by atoms with Gasteiger partial charge in [-0.2, -0.15) is 5.10 Å². The number of ether oxygens (including phenoxy) is 1. The van der Waals surface area contributed by atoms with Crippen molar-refractivity contribution < 1.29 is 9.53 Å². The van der Waals surface area contributed by atoms with Crippen molar-refractivity contribution in [3.63, 3.8) is 0 Å². The fraction of sp³-hybridized carbons (Fsp3) is 0.400. The smallest absolute Gasteiger partial charge is 0.236 e. The minimum absolute atomic E-state index is 0.0585. The number of aromatic nitrogens is 4. The van der Waals surface area contributed by atoms with Gasteiger partial charge in [-0.25, -0.2) is 4.98 Å². The molecule has 2 aromatic heterocycles. The van der Waals surface area contributed by atoms with E-state index < -0.39 is 0 Å². The second-order valence-electron chi connectivity index (χ2n) is 7.03. The summed E-state index contributed by atoms with van der Waals surface area (Å²) in [6.07, 6.45) is 0.635. The average Bonchev–Trinajstić information content (AvgIpc) is 3.14. The van der Waals surface area contributed by atoms with Gasteiger partial charge in [0.05, 0.1) is 34.6 Å². The number of fused-ring (bicyclic) bond motifs is 1. The summed E-state index contributed by atoms with van der Waals surface area (Å²) in [4.78, 5) is 19.7. The van der Waals surface area contributed by atoms with Crippen LogP contribution >= 0.6 is 23.4 Å². The normalized spacial score (nSPS) is 15.5. The summed E-state index contributed by atoms with van der Waals surface area (Å²) in [6.45, 7) is 6.13. The van der Waals surface area contributed by atoms with Gasteiger partial charge >= 0.3 is 0 Å². The maximum Gasteiger partial charge on any atom is 0.236 e. The molecule has 8 nitrogen and oxygen atoms in total. The van der Waals surface area contributed by atoms with Gasteiger partial charge in [0.15, 0.2) is 10.8 Å². The SMILES string of the molecule is CC[C@H](Sc1nc2n[nH]c(C)c2c(=N)n1-c1ccccc1Cl)C(=O)N1CCOCC1. The molecule has 158 valence electrons. The first kappa shape index (κ1) is 20.9. The molecule has 1 amide bonds. The minimum atomic E-state index is -0.332. The molecule has 0 saturated carbocycles. The van der Waals surface area contributed by atoms with Crippen LogP contribution in [0.2, 0.25) is 5.02 Å². The fourth-order valence-electron chi connectivity index (χ4n) is 3.49. The number of carbonyl (C=O) groups excluding carboxylic acids is 1. The highest BCUT2D eigenvalue weighted by Crippen LogP contribution is 2.30. The Balaban J connectivity index is 1.81. The molecular weight excluding hydrogens is 424 g/mol.